The van der Waals surface area contributed by atoms with E-state index in [1.807, 2.05) is 6.92 Å². The molecule has 4 nitrogen and oxygen atoms in total. The van der Waals surface area contributed by atoms with Gasteiger partial charge in [-0.2, -0.15) is 0 Å². The highest BCUT2D eigenvalue weighted by molar-refractivity contribution is 7.12. The van der Waals surface area contributed by atoms with Gasteiger partial charge in [0.15, 0.2) is 0 Å². The van der Waals surface area contributed by atoms with Crippen LogP contribution < -0.4 is 5.32 Å². The van der Waals surface area contributed by atoms with Crippen LogP contribution in [0, 0.1) is 18.8 Å². The predicted molar refractivity (Wildman–Crippen MR) is 81.2 cm³/mol. The largest absolute Gasteiger partial charge is 0.379 e. The lowest BCUT2D eigenvalue weighted by Gasteiger charge is -2.30. The minimum atomic E-state index is -0.454. The van der Waals surface area contributed by atoms with Crippen molar-refractivity contribution in [3.63, 3.8) is 0 Å². The zero-order valence-corrected chi connectivity index (χ0v) is 12.9. The fourth-order valence-electron chi connectivity index (χ4n) is 3.48. The molecule has 1 saturated carbocycles. The Hall–Kier alpha value is -1.04. The Kier molecular flexibility index (Phi) is 3.75. The first kappa shape index (κ1) is 13.9. The molecule has 1 aromatic heterocycles. The van der Waals surface area contributed by atoms with Crippen LogP contribution in [0.25, 0.3) is 5.57 Å². The molecule has 4 atom stereocenters. The van der Waals surface area contributed by atoms with Gasteiger partial charge in [-0.05, 0) is 32.6 Å². The smallest absolute Gasteiger partial charge is 0.147 e. The molecule has 4 unspecified atom stereocenters. The molecule has 20 heavy (non-hydrogen) atoms. The number of allylic oxidation sites excluding steroid dienone is 3. The summed E-state index contributed by atoms with van der Waals surface area (Å²) in [7, 11) is 0. The van der Waals surface area contributed by atoms with Crippen molar-refractivity contribution < 1.29 is 5.11 Å². The van der Waals surface area contributed by atoms with Crippen LogP contribution in [0.15, 0.2) is 17.7 Å². The summed E-state index contributed by atoms with van der Waals surface area (Å²) in [5, 5.41) is 23.4. The molecule has 3 rings (SSSR count). The van der Waals surface area contributed by atoms with E-state index in [9.17, 15) is 5.11 Å². The fraction of sp³-hybridized carbons (Fsp3) is 0.600. The van der Waals surface area contributed by atoms with Crippen molar-refractivity contribution in [1.82, 2.24) is 15.5 Å². The Balaban J connectivity index is 1.95. The van der Waals surface area contributed by atoms with Gasteiger partial charge in [0, 0.05) is 17.5 Å². The summed E-state index contributed by atoms with van der Waals surface area (Å²) in [5.41, 5.74) is 2.74. The lowest BCUT2D eigenvalue weighted by molar-refractivity contribution is 0.129. The molecule has 0 radical (unpaired) electrons. The van der Waals surface area contributed by atoms with E-state index >= 15 is 0 Å². The second kappa shape index (κ2) is 5.39. The Bertz CT molecular complexity index is 561. The summed E-state index contributed by atoms with van der Waals surface area (Å²) in [6, 6.07) is 0.356. The van der Waals surface area contributed by atoms with Crippen molar-refractivity contribution >= 4 is 16.9 Å². The van der Waals surface area contributed by atoms with E-state index in [4.69, 9.17) is 0 Å². The predicted octanol–water partition coefficient (Wildman–Crippen LogP) is 2.51. The average Bonchev–Trinajstić information content (AvgIpc) is 2.97. The van der Waals surface area contributed by atoms with E-state index in [-0.39, 0.29) is 0 Å². The Morgan fingerprint density at radius 1 is 1.45 bits per heavy atom. The average molecular weight is 291 g/mol. The Morgan fingerprint density at radius 2 is 2.25 bits per heavy atom. The summed E-state index contributed by atoms with van der Waals surface area (Å²) >= 11 is 1.66. The molecule has 0 amide bonds. The SMILES string of the molecule is Cc1nnc(C2=C3CCC(NC(C)O)C3C(C)C=C2)s1. The number of hydrogen-bond acceptors (Lipinski definition) is 5. The molecule has 2 aliphatic carbocycles. The van der Waals surface area contributed by atoms with Crippen molar-refractivity contribution in [2.24, 2.45) is 11.8 Å². The number of aryl methyl sites for hydroxylation is 1. The topological polar surface area (TPSA) is 58.0 Å². The molecule has 2 aliphatic rings. The molecule has 0 bridgehead atoms. The molecule has 1 fully saturated rings. The van der Waals surface area contributed by atoms with Crippen LogP contribution in [0.2, 0.25) is 0 Å². The van der Waals surface area contributed by atoms with Gasteiger partial charge in [0.25, 0.3) is 0 Å². The molecule has 0 aliphatic heterocycles. The normalized spacial score (nSPS) is 30.7. The van der Waals surface area contributed by atoms with Gasteiger partial charge in [0.05, 0.1) is 0 Å². The first-order chi connectivity index (χ1) is 9.56. The summed E-state index contributed by atoms with van der Waals surface area (Å²) < 4.78 is 0. The molecular weight excluding hydrogens is 270 g/mol. The number of aliphatic hydroxyl groups excluding tert-OH is 1. The molecular formula is C15H21N3OS. The molecule has 1 heterocycles. The van der Waals surface area contributed by atoms with Crippen LogP contribution in [0.1, 0.15) is 36.7 Å². The molecule has 2 N–H and O–H groups in total. The second-order valence-corrected chi connectivity index (χ2v) is 6.98. The highest BCUT2D eigenvalue weighted by atomic mass is 32.1. The van der Waals surface area contributed by atoms with Gasteiger partial charge in [-0.25, -0.2) is 0 Å². The number of aliphatic hydroxyl groups is 1. The van der Waals surface area contributed by atoms with E-state index in [0.717, 1.165) is 22.9 Å². The molecule has 0 aromatic carbocycles. The van der Waals surface area contributed by atoms with E-state index in [0.29, 0.717) is 17.9 Å². The van der Waals surface area contributed by atoms with E-state index in [1.165, 1.54) is 11.1 Å². The first-order valence-corrected chi connectivity index (χ1v) is 8.03. The number of nitrogens with zero attached hydrogens (tertiary/aromatic N) is 2. The van der Waals surface area contributed by atoms with E-state index in [2.05, 4.69) is 34.6 Å². The van der Waals surface area contributed by atoms with Crippen LogP contribution in [-0.2, 0) is 0 Å². The quantitative estimate of drug-likeness (QED) is 0.840. The molecule has 108 valence electrons. The number of fused-ring (bicyclic) bond motifs is 1. The summed E-state index contributed by atoms with van der Waals surface area (Å²) in [4.78, 5) is 0. The van der Waals surface area contributed by atoms with Gasteiger partial charge < -0.3 is 5.11 Å². The zero-order valence-electron chi connectivity index (χ0n) is 12.1. The van der Waals surface area contributed by atoms with Crippen molar-refractivity contribution in [2.75, 3.05) is 0 Å². The third-order valence-electron chi connectivity index (χ3n) is 4.25. The van der Waals surface area contributed by atoms with Crippen molar-refractivity contribution in [3.05, 3.63) is 27.7 Å². The van der Waals surface area contributed by atoms with Crippen molar-refractivity contribution in [3.8, 4) is 0 Å². The summed E-state index contributed by atoms with van der Waals surface area (Å²) in [5.74, 6) is 0.968. The molecule has 1 aromatic rings. The van der Waals surface area contributed by atoms with Gasteiger partial charge >= 0.3 is 0 Å². The first-order valence-electron chi connectivity index (χ1n) is 7.22. The van der Waals surface area contributed by atoms with Crippen LogP contribution in [-0.4, -0.2) is 27.6 Å². The van der Waals surface area contributed by atoms with Gasteiger partial charge in [0.2, 0.25) is 0 Å². The second-order valence-electron chi connectivity index (χ2n) is 5.80. The highest BCUT2D eigenvalue weighted by Crippen LogP contribution is 2.45. The highest BCUT2D eigenvalue weighted by Gasteiger charge is 2.38. The third-order valence-corrected chi connectivity index (χ3v) is 5.12. The third kappa shape index (κ3) is 2.45. The lowest BCUT2D eigenvalue weighted by Crippen LogP contribution is -2.41. The van der Waals surface area contributed by atoms with Crippen LogP contribution in [0.3, 0.4) is 0 Å². The Labute approximate surface area is 123 Å². The van der Waals surface area contributed by atoms with Gasteiger partial charge in [-0.15, -0.1) is 10.2 Å². The maximum Gasteiger partial charge on any atom is 0.147 e. The summed E-state index contributed by atoms with van der Waals surface area (Å²) in [6.07, 6.45) is 6.18. The van der Waals surface area contributed by atoms with Crippen LogP contribution in [0.5, 0.6) is 0 Å². The summed E-state index contributed by atoms with van der Waals surface area (Å²) in [6.45, 7) is 6.04. The zero-order chi connectivity index (χ0) is 14.3. The monoisotopic (exact) mass is 291 g/mol. The van der Waals surface area contributed by atoms with Gasteiger partial charge in [-0.3, -0.25) is 5.32 Å². The van der Waals surface area contributed by atoms with E-state index < -0.39 is 6.23 Å². The number of nitrogens with one attached hydrogen (secondary N) is 1. The molecule has 0 spiro atoms. The van der Waals surface area contributed by atoms with Gasteiger partial charge in [-0.1, -0.05) is 36.0 Å². The van der Waals surface area contributed by atoms with Gasteiger partial charge in [0.1, 0.15) is 16.2 Å². The number of hydrogen-bond donors (Lipinski definition) is 2. The number of aromatic nitrogens is 2. The molecule has 0 saturated heterocycles. The fourth-order valence-corrected chi connectivity index (χ4v) is 4.24. The maximum atomic E-state index is 9.61. The number of rotatable bonds is 3. The van der Waals surface area contributed by atoms with Crippen LogP contribution in [0.4, 0.5) is 0 Å². The maximum absolute atomic E-state index is 9.61. The lowest BCUT2D eigenvalue weighted by atomic mass is 9.80. The van der Waals surface area contributed by atoms with Crippen molar-refractivity contribution in [2.45, 2.75) is 45.9 Å². The minimum Gasteiger partial charge on any atom is -0.379 e. The Morgan fingerprint density at radius 3 is 2.90 bits per heavy atom. The molecule has 5 heteroatoms. The van der Waals surface area contributed by atoms with Crippen LogP contribution >= 0.6 is 11.3 Å². The standard InChI is InChI=1S/C15H21N3OS/c1-8-4-5-12(15-18-17-10(3)20-15)11-6-7-13(14(8)11)16-9(2)19/h4-5,8-9,13-14,16,19H,6-7H2,1-3H3. The van der Waals surface area contributed by atoms with E-state index in [1.54, 1.807) is 18.3 Å². The minimum absolute atomic E-state index is 0.356. The van der Waals surface area contributed by atoms with Crippen molar-refractivity contribution in [1.29, 1.82) is 0 Å².